The van der Waals surface area contributed by atoms with Gasteiger partial charge < -0.3 is 10.2 Å². The maximum Gasteiger partial charge on any atom is 0.0465 e. The van der Waals surface area contributed by atoms with E-state index in [1.165, 1.54) is 0 Å². The summed E-state index contributed by atoms with van der Waals surface area (Å²) >= 11 is 0. The highest BCUT2D eigenvalue weighted by Gasteiger charge is 2.90. The summed E-state index contributed by atoms with van der Waals surface area (Å²) in [6.07, 6.45) is 0. The van der Waals surface area contributed by atoms with Gasteiger partial charge in [0.1, 0.15) is 0 Å². The molecule has 0 aromatic rings. The lowest BCUT2D eigenvalue weighted by atomic mass is 9.59. The van der Waals surface area contributed by atoms with Crippen LogP contribution in [0.5, 0.6) is 0 Å². The molecule has 6 saturated carbocycles. The molecule has 6 aliphatic carbocycles. The Morgan fingerprint density at radius 2 is 0.786 bits per heavy atom. The van der Waals surface area contributed by atoms with Crippen LogP contribution >= 0.6 is 0 Å². The van der Waals surface area contributed by atoms with Gasteiger partial charge in [-0.15, -0.1) is 0 Å². The van der Waals surface area contributed by atoms with Crippen LogP contribution in [0.3, 0.4) is 0 Å². The monoisotopic (exact) mass is 192 g/mol. The minimum Gasteiger partial charge on any atom is -0.396 e. The second kappa shape index (κ2) is 1.80. The number of hydrogen-bond acceptors (Lipinski definition) is 2. The Kier molecular flexibility index (Phi) is 0.931. The number of aliphatic hydroxyl groups is 2. The van der Waals surface area contributed by atoms with Crippen molar-refractivity contribution in [3.05, 3.63) is 0 Å². The molecule has 2 bridgehead atoms. The molecule has 6 rings (SSSR count). The molecule has 0 aromatic heterocycles. The second-order valence-electron chi connectivity index (χ2n) is 6.31. The van der Waals surface area contributed by atoms with Gasteiger partial charge in [-0.2, -0.15) is 0 Å². The van der Waals surface area contributed by atoms with E-state index >= 15 is 0 Å². The molecule has 0 aromatic carbocycles. The normalized spacial score (nSPS) is 79.3. The zero-order valence-corrected chi connectivity index (χ0v) is 8.08. The molecule has 2 heteroatoms. The van der Waals surface area contributed by atoms with Crippen LogP contribution in [0.2, 0.25) is 0 Å². The Morgan fingerprint density at radius 1 is 0.500 bits per heavy atom. The lowest BCUT2D eigenvalue weighted by molar-refractivity contribution is -0.0492. The third-order valence-corrected chi connectivity index (χ3v) is 6.57. The highest BCUT2D eigenvalue weighted by Crippen LogP contribution is 2.93. The van der Waals surface area contributed by atoms with Gasteiger partial charge >= 0.3 is 0 Å². The molecule has 14 heavy (non-hydrogen) atoms. The Bertz CT molecular complexity index is 276. The first-order chi connectivity index (χ1) is 6.90. The van der Waals surface area contributed by atoms with Crippen LogP contribution in [-0.2, 0) is 0 Å². The highest BCUT2D eigenvalue weighted by atomic mass is 16.3. The summed E-state index contributed by atoms with van der Waals surface area (Å²) in [5.41, 5.74) is 0. The average molecular weight is 192 g/mol. The van der Waals surface area contributed by atoms with E-state index in [0.29, 0.717) is 25.0 Å². The molecule has 2 nitrogen and oxygen atoms in total. The molecule has 6 aliphatic rings. The molecule has 6 fully saturated rings. The van der Waals surface area contributed by atoms with E-state index in [0.717, 1.165) is 47.3 Å². The van der Waals surface area contributed by atoms with Crippen molar-refractivity contribution in [3.63, 3.8) is 0 Å². The number of aliphatic hydroxyl groups excluding tert-OH is 2. The molecule has 2 N–H and O–H groups in total. The Labute approximate surface area is 83.3 Å². The quantitative estimate of drug-likeness (QED) is 0.656. The fourth-order valence-electron chi connectivity index (χ4n) is 6.59. The molecular weight excluding hydrogens is 176 g/mol. The third kappa shape index (κ3) is 0.455. The number of hydrogen-bond donors (Lipinski definition) is 2. The van der Waals surface area contributed by atoms with Crippen molar-refractivity contribution in [2.24, 2.45) is 59.2 Å². The van der Waals surface area contributed by atoms with E-state index in [4.69, 9.17) is 0 Å². The van der Waals surface area contributed by atoms with Gasteiger partial charge in [-0.25, -0.2) is 0 Å². The zero-order chi connectivity index (χ0) is 9.19. The van der Waals surface area contributed by atoms with Gasteiger partial charge in [0.05, 0.1) is 0 Å². The largest absolute Gasteiger partial charge is 0.396 e. The van der Waals surface area contributed by atoms with Crippen LogP contribution in [-0.4, -0.2) is 23.4 Å². The first-order valence-electron chi connectivity index (χ1n) is 6.12. The molecule has 0 aliphatic heterocycles. The fourth-order valence-corrected chi connectivity index (χ4v) is 6.59. The Balaban J connectivity index is 1.66. The molecule has 6 unspecified atom stereocenters. The predicted molar refractivity (Wildman–Crippen MR) is 49.1 cm³/mol. The van der Waals surface area contributed by atoms with Crippen molar-refractivity contribution in [1.29, 1.82) is 0 Å². The lowest BCUT2D eigenvalue weighted by Gasteiger charge is -2.46. The minimum absolute atomic E-state index is 0.332. The number of rotatable bonds is 2. The van der Waals surface area contributed by atoms with Gasteiger partial charge in [0.2, 0.25) is 0 Å². The van der Waals surface area contributed by atoms with Crippen molar-refractivity contribution in [1.82, 2.24) is 0 Å². The standard InChI is InChI=1S/C12H16O2/c13-1-3-4(2-14)6-9-7-5(3)8-10(6)12(8)11(7)9/h3-14H,1-2H2. The van der Waals surface area contributed by atoms with E-state index in [9.17, 15) is 10.2 Å². The van der Waals surface area contributed by atoms with E-state index < -0.39 is 0 Å². The molecule has 0 heterocycles. The lowest BCUT2D eigenvalue weighted by Crippen LogP contribution is -2.46. The van der Waals surface area contributed by atoms with Crippen LogP contribution in [0.4, 0.5) is 0 Å². The smallest absolute Gasteiger partial charge is 0.0465 e. The summed E-state index contributed by atoms with van der Waals surface area (Å²) in [7, 11) is 0. The van der Waals surface area contributed by atoms with Gasteiger partial charge in [0.15, 0.2) is 0 Å². The van der Waals surface area contributed by atoms with Crippen molar-refractivity contribution < 1.29 is 10.2 Å². The summed E-state index contributed by atoms with van der Waals surface area (Å²) < 4.78 is 0. The minimum atomic E-state index is 0.332. The topological polar surface area (TPSA) is 40.5 Å². The fraction of sp³-hybridized carbons (Fsp3) is 1.00. The first kappa shape index (κ1) is 7.24. The van der Waals surface area contributed by atoms with E-state index in [1.54, 1.807) is 0 Å². The van der Waals surface area contributed by atoms with E-state index in [2.05, 4.69) is 0 Å². The summed E-state index contributed by atoms with van der Waals surface area (Å²) in [4.78, 5) is 0. The van der Waals surface area contributed by atoms with Crippen molar-refractivity contribution in [2.45, 2.75) is 0 Å². The summed E-state index contributed by atoms with van der Waals surface area (Å²) in [5, 5.41) is 19.0. The summed E-state index contributed by atoms with van der Waals surface area (Å²) in [6.45, 7) is 0.663. The van der Waals surface area contributed by atoms with Gasteiger partial charge in [0, 0.05) is 13.2 Å². The maximum atomic E-state index is 9.49. The second-order valence-corrected chi connectivity index (χ2v) is 6.31. The van der Waals surface area contributed by atoms with Crippen LogP contribution < -0.4 is 0 Å². The van der Waals surface area contributed by atoms with Crippen LogP contribution in [0, 0.1) is 59.2 Å². The van der Waals surface area contributed by atoms with Crippen molar-refractivity contribution in [2.75, 3.05) is 13.2 Å². The van der Waals surface area contributed by atoms with Crippen molar-refractivity contribution in [3.8, 4) is 0 Å². The van der Waals surface area contributed by atoms with Crippen LogP contribution in [0.25, 0.3) is 0 Å². The Hall–Kier alpha value is -0.0800. The Morgan fingerprint density at radius 3 is 1.07 bits per heavy atom. The third-order valence-electron chi connectivity index (χ3n) is 6.57. The van der Waals surface area contributed by atoms with Crippen LogP contribution in [0.15, 0.2) is 0 Å². The molecule has 0 radical (unpaired) electrons. The molecule has 76 valence electrons. The van der Waals surface area contributed by atoms with Crippen LogP contribution in [0.1, 0.15) is 0 Å². The van der Waals surface area contributed by atoms with E-state index in [1.807, 2.05) is 0 Å². The molecule has 0 amide bonds. The first-order valence-corrected chi connectivity index (χ1v) is 6.12. The van der Waals surface area contributed by atoms with Gasteiger partial charge in [-0.05, 0) is 59.2 Å². The van der Waals surface area contributed by atoms with Gasteiger partial charge in [-0.1, -0.05) is 0 Å². The van der Waals surface area contributed by atoms with Gasteiger partial charge in [0.25, 0.3) is 0 Å². The molecule has 0 saturated heterocycles. The number of fused-ring (bicyclic) bond motifs is 1. The maximum absolute atomic E-state index is 9.49. The zero-order valence-electron chi connectivity index (χ0n) is 8.08. The van der Waals surface area contributed by atoms with Crippen molar-refractivity contribution >= 4 is 0 Å². The average Bonchev–Trinajstić information content (AvgIpc) is 3.04. The molecular formula is C12H16O2. The molecule has 0 spiro atoms. The molecule has 6 atom stereocenters. The van der Waals surface area contributed by atoms with E-state index in [-0.39, 0.29) is 0 Å². The SMILES string of the molecule is OCC1C(CO)C2C3C4C1C1C2C1C43. The highest BCUT2D eigenvalue weighted by molar-refractivity contribution is 5.36. The summed E-state index contributed by atoms with van der Waals surface area (Å²) in [6, 6.07) is 0. The van der Waals surface area contributed by atoms with Gasteiger partial charge in [-0.3, -0.25) is 0 Å². The predicted octanol–water partition coefficient (Wildman–Crippen LogP) is 0.201. The summed E-state index contributed by atoms with van der Waals surface area (Å²) in [5.74, 6) is 8.70.